The van der Waals surface area contributed by atoms with Crippen LogP contribution in [0.4, 0.5) is 15.8 Å². The summed E-state index contributed by atoms with van der Waals surface area (Å²) < 4.78 is 25.1. The Kier molecular flexibility index (Phi) is 4.75. The van der Waals surface area contributed by atoms with Gasteiger partial charge in [-0.1, -0.05) is 12.1 Å². The molecule has 0 saturated carbocycles. The first kappa shape index (κ1) is 19.1. The standard InChI is InChI=1S/C20H22FN5O4/c1-11(9-27)18-23-19(30-24-18)16-17-20(28)25(8-13-3-2-6-29-13)15-7-12(21)4-5-14(15)26(17)10-22-16/h4-5,7,10-11,13,16-17,27H,2-3,6,8-9H2,1H3. The Morgan fingerprint density at radius 2 is 2.23 bits per heavy atom. The summed E-state index contributed by atoms with van der Waals surface area (Å²) in [5, 5.41) is 13.3. The number of carbonyl (C=O) groups is 1. The quantitative estimate of drug-likeness (QED) is 0.794. The van der Waals surface area contributed by atoms with Crippen LogP contribution in [0, 0.1) is 5.82 Å². The van der Waals surface area contributed by atoms with Crippen molar-refractivity contribution in [2.75, 3.05) is 29.6 Å². The minimum absolute atomic E-state index is 0.0854. The van der Waals surface area contributed by atoms with Crippen molar-refractivity contribution in [3.63, 3.8) is 0 Å². The number of hydrogen-bond donors (Lipinski definition) is 1. The number of fused-ring (bicyclic) bond motifs is 3. The summed E-state index contributed by atoms with van der Waals surface area (Å²) in [4.78, 5) is 25.7. The fraction of sp³-hybridized carbons (Fsp3) is 0.500. The molecular weight excluding hydrogens is 393 g/mol. The van der Waals surface area contributed by atoms with E-state index in [2.05, 4.69) is 15.1 Å². The van der Waals surface area contributed by atoms with E-state index in [1.165, 1.54) is 12.1 Å². The molecular formula is C20H22FN5O4. The number of aliphatic hydroxyl groups is 1. The molecule has 1 aromatic heterocycles. The summed E-state index contributed by atoms with van der Waals surface area (Å²) >= 11 is 0. The molecule has 2 aromatic rings. The first-order chi connectivity index (χ1) is 14.6. The number of hydrogen-bond acceptors (Lipinski definition) is 8. The van der Waals surface area contributed by atoms with Gasteiger partial charge in [0, 0.05) is 12.5 Å². The largest absolute Gasteiger partial charge is 0.396 e. The van der Waals surface area contributed by atoms with Gasteiger partial charge in [0.05, 0.1) is 37.0 Å². The number of carbonyl (C=O) groups excluding carboxylic acids is 1. The zero-order valence-electron chi connectivity index (χ0n) is 16.4. The Balaban J connectivity index is 1.51. The van der Waals surface area contributed by atoms with Crippen LogP contribution >= 0.6 is 0 Å². The van der Waals surface area contributed by atoms with Crippen molar-refractivity contribution in [1.82, 2.24) is 10.1 Å². The number of benzene rings is 1. The number of halogens is 1. The number of aromatic nitrogens is 2. The second kappa shape index (κ2) is 7.44. The van der Waals surface area contributed by atoms with Crippen molar-refractivity contribution in [1.29, 1.82) is 0 Å². The van der Waals surface area contributed by atoms with E-state index in [9.17, 15) is 14.3 Å². The first-order valence-electron chi connectivity index (χ1n) is 10.1. The maximum Gasteiger partial charge on any atom is 0.254 e. The zero-order chi connectivity index (χ0) is 20.8. The lowest BCUT2D eigenvalue weighted by atomic mass is 10.0. The van der Waals surface area contributed by atoms with E-state index in [1.54, 1.807) is 29.1 Å². The monoisotopic (exact) mass is 415 g/mol. The van der Waals surface area contributed by atoms with Gasteiger partial charge in [-0.05, 0) is 31.0 Å². The molecule has 0 aliphatic carbocycles. The van der Waals surface area contributed by atoms with Crippen molar-refractivity contribution < 1.29 is 23.6 Å². The highest BCUT2D eigenvalue weighted by Gasteiger charge is 2.48. The minimum atomic E-state index is -0.706. The number of anilines is 2. The number of ether oxygens (including phenoxy) is 1. The number of nitrogens with zero attached hydrogens (tertiary/aromatic N) is 5. The molecule has 0 radical (unpaired) electrons. The minimum Gasteiger partial charge on any atom is -0.396 e. The van der Waals surface area contributed by atoms with Crippen molar-refractivity contribution in [3.8, 4) is 0 Å². The third-order valence-electron chi connectivity index (χ3n) is 5.81. The van der Waals surface area contributed by atoms with E-state index in [0.29, 0.717) is 30.4 Å². The van der Waals surface area contributed by atoms with Crippen LogP contribution in [0.1, 0.15) is 43.4 Å². The van der Waals surface area contributed by atoms with E-state index in [1.807, 2.05) is 0 Å². The lowest BCUT2D eigenvalue weighted by molar-refractivity contribution is -0.120. The summed E-state index contributed by atoms with van der Waals surface area (Å²) in [6, 6.07) is 2.99. The van der Waals surface area contributed by atoms with Gasteiger partial charge in [0.2, 0.25) is 0 Å². The molecule has 3 aliphatic rings. The number of rotatable bonds is 5. The fourth-order valence-electron chi connectivity index (χ4n) is 4.15. The number of aliphatic imine (C=N–C) groups is 1. The third-order valence-corrected chi connectivity index (χ3v) is 5.81. The van der Waals surface area contributed by atoms with E-state index in [0.717, 1.165) is 12.8 Å². The highest BCUT2D eigenvalue weighted by atomic mass is 19.1. The molecule has 0 spiro atoms. The molecule has 1 amide bonds. The number of aliphatic hydroxyl groups excluding tert-OH is 1. The van der Waals surface area contributed by atoms with Crippen molar-refractivity contribution in [2.24, 2.45) is 4.99 Å². The molecule has 4 unspecified atom stereocenters. The summed E-state index contributed by atoms with van der Waals surface area (Å²) in [5.41, 5.74) is 1.19. The average molecular weight is 415 g/mol. The predicted molar refractivity (Wildman–Crippen MR) is 105 cm³/mol. The summed E-state index contributed by atoms with van der Waals surface area (Å²) in [7, 11) is 0. The topological polar surface area (TPSA) is 104 Å². The molecule has 3 aliphatic heterocycles. The Bertz CT molecular complexity index is 989. The van der Waals surface area contributed by atoms with Gasteiger partial charge in [0.25, 0.3) is 11.8 Å². The highest BCUT2D eigenvalue weighted by Crippen LogP contribution is 2.43. The molecule has 1 N–H and O–H groups in total. The summed E-state index contributed by atoms with van der Waals surface area (Å²) in [6.07, 6.45) is 3.28. The maximum atomic E-state index is 14.0. The molecule has 5 rings (SSSR count). The molecule has 9 nitrogen and oxygen atoms in total. The highest BCUT2D eigenvalue weighted by molar-refractivity contribution is 6.11. The summed E-state index contributed by atoms with van der Waals surface area (Å²) in [5.74, 6) is -0.343. The van der Waals surface area contributed by atoms with Crippen LogP contribution in [0.2, 0.25) is 0 Å². The van der Waals surface area contributed by atoms with Gasteiger partial charge in [-0.2, -0.15) is 4.98 Å². The third kappa shape index (κ3) is 3.07. The molecule has 30 heavy (non-hydrogen) atoms. The lowest BCUT2D eigenvalue weighted by Gasteiger charge is -2.39. The van der Waals surface area contributed by atoms with Crippen molar-refractivity contribution >= 4 is 23.6 Å². The second-order valence-corrected chi connectivity index (χ2v) is 7.85. The summed E-state index contributed by atoms with van der Waals surface area (Å²) in [6.45, 7) is 2.68. The average Bonchev–Trinajstić information content (AvgIpc) is 3.50. The van der Waals surface area contributed by atoms with Crippen molar-refractivity contribution in [2.45, 2.75) is 43.9 Å². The van der Waals surface area contributed by atoms with Gasteiger partial charge in [-0.3, -0.25) is 9.79 Å². The van der Waals surface area contributed by atoms with Crippen LogP contribution in [0.25, 0.3) is 0 Å². The Morgan fingerprint density at radius 1 is 1.37 bits per heavy atom. The maximum absolute atomic E-state index is 14.0. The van der Waals surface area contributed by atoms with E-state index < -0.39 is 17.9 Å². The molecule has 10 heteroatoms. The van der Waals surface area contributed by atoms with Gasteiger partial charge in [0.1, 0.15) is 11.9 Å². The zero-order valence-corrected chi connectivity index (χ0v) is 16.4. The van der Waals surface area contributed by atoms with Gasteiger partial charge in [-0.25, -0.2) is 4.39 Å². The van der Waals surface area contributed by atoms with Crippen LogP contribution in [-0.4, -0.2) is 59.4 Å². The first-order valence-corrected chi connectivity index (χ1v) is 10.1. The van der Waals surface area contributed by atoms with E-state index >= 15 is 0 Å². The Hall–Kier alpha value is -2.85. The Labute approximate surface area is 172 Å². The molecule has 1 saturated heterocycles. The van der Waals surface area contributed by atoms with Crippen LogP contribution in [0.5, 0.6) is 0 Å². The van der Waals surface area contributed by atoms with Gasteiger partial charge in [-0.15, -0.1) is 0 Å². The van der Waals surface area contributed by atoms with Crippen molar-refractivity contribution in [3.05, 3.63) is 35.7 Å². The molecule has 158 valence electrons. The van der Waals surface area contributed by atoms with Crippen LogP contribution in [-0.2, 0) is 9.53 Å². The molecule has 1 aromatic carbocycles. The predicted octanol–water partition coefficient (Wildman–Crippen LogP) is 1.79. The number of amides is 1. The van der Waals surface area contributed by atoms with Crippen LogP contribution in [0.3, 0.4) is 0 Å². The SMILES string of the molecule is CC(CO)c1noc(C2N=CN3c4ccc(F)cc4N(CC4CCCO4)C(=O)C23)n1. The normalized spacial score (nSPS) is 26.2. The molecule has 4 heterocycles. The van der Waals surface area contributed by atoms with E-state index in [4.69, 9.17) is 9.26 Å². The second-order valence-electron chi connectivity index (χ2n) is 7.85. The molecule has 4 atom stereocenters. The fourth-order valence-corrected chi connectivity index (χ4v) is 4.15. The van der Waals surface area contributed by atoms with Gasteiger partial charge >= 0.3 is 0 Å². The Morgan fingerprint density at radius 3 is 3.00 bits per heavy atom. The van der Waals surface area contributed by atoms with Gasteiger partial charge in [0.15, 0.2) is 11.9 Å². The van der Waals surface area contributed by atoms with Crippen LogP contribution in [0.15, 0.2) is 27.7 Å². The van der Waals surface area contributed by atoms with E-state index in [-0.39, 0.29) is 30.4 Å². The molecule has 0 bridgehead atoms. The van der Waals surface area contributed by atoms with Crippen LogP contribution < -0.4 is 9.80 Å². The van der Waals surface area contributed by atoms with Gasteiger partial charge < -0.3 is 24.2 Å². The lowest BCUT2D eigenvalue weighted by Crippen LogP contribution is -2.54. The smallest absolute Gasteiger partial charge is 0.254 e. The molecule has 1 fully saturated rings.